The van der Waals surface area contributed by atoms with Crippen LogP contribution in [0.2, 0.25) is 0 Å². The summed E-state index contributed by atoms with van der Waals surface area (Å²) in [5.41, 5.74) is 6.62. The molecule has 2 aliphatic heterocycles. The van der Waals surface area contributed by atoms with Gasteiger partial charge in [0, 0.05) is 26.3 Å². The van der Waals surface area contributed by atoms with Crippen molar-refractivity contribution in [2.75, 3.05) is 32.8 Å². The smallest absolute Gasteiger partial charge is 0.228 e. The van der Waals surface area contributed by atoms with Crippen LogP contribution in [0.3, 0.4) is 0 Å². The molecule has 0 aliphatic carbocycles. The monoisotopic (exact) mass is 346 g/mol. The zero-order chi connectivity index (χ0) is 17.5. The van der Waals surface area contributed by atoms with E-state index in [1.54, 1.807) is 0 Å². The molecule has 0 saturated carbocycles. The zero-order valence-electron chi connectivity index (χ0n) is 14.9. The van der Waals surface area contributed by atoms with Gasteiger partial charge >= 0.3 is 0 Å². The van der Waals surface area contributed by atoms with Crippen molar-refractivity contribution in [1.82, 2.24) is 4.90 Å². The molecule has 3 rings (SSSR count). The lowest BCUT2D eigenvalue weighted by atomic mass is 9.87. The topological polar surface area (TPSA) is 64.8 Å². The first-order valence-electron chi connectivity index (χ1n) is 9.56. The highest BCUT2D eigenvalue weighted by atomic mass is 16.5. The predicted molar refractivity (Wildman–Crippen MR) is 97.1 cm³/mol. The van der Waals surface area contributed by atoms with Gasteiger partial charge in [-0.2, -0.15) is 0 Å². The fourth-order valence-corrected chi connectivity index (χ4v) is 3.82. The molecule has 2 heterocycles. The Kier molecular flexibility index (Phi) is 6.84. The van der Waals surface area contributed by atoms with Gasteiger partial charge in [0.1, 0.15) is 0 Å². The third-order valence-corrected chi connectivity index (χ3v) is 5.22. The number of carbonyl (C=O) groups excluding carboxylic acids is 1. The van der Waals surface area contributed by atoms with Crippen molar-refractivity contribution >= 4 is 5.91 Å². The van der Waals surface area contributed by atoms with Gasteiger partial charge in [0.05, 0.1) is 18.1 Å². The molecule has 2 atom stereocenters. The van der Waals surface area contributed by atoms with Gasteiger partial charge in [0.2, 0.25) is 5.91 Å². The third-order valence-electron chi connectivity index (χ3n) is 5.22. The summed E-state index contributed by atoms with van der Waals surface area (Å²) in [5.74, 6) is 0.180. The van der Waals surface area contributed by atoms with E-state index >= 15 is 0 Å². The lowest BCUT2D eigenvalue weighted by Gasteiger charge is -2.38. The number of nitrogens with two attached hydrogens (primary N) is 1. The Hall–Kier alpha value is -1.43. The molecule has 5 heteroatoms. The molecule has 2 unspecified atom stereocenters. The van der Waals surface area contributed by atoms with E-state index in [1.165, 1.54) is 0 Å². The van der Waals surface area contributed by atoms with Crippen LogP contribution in [-0.2, 0) is 14.3 Å². The van der Waals surface area contributed by atoms with Crippen LogP contribution in [0.1, 0.15) is 43.8 Å². The van der Waals surface area contributed by atoms with E-state index in [-0.39, 0.29) is 24.0 Å². The molecular weight excluding hydrogens is 316 g/mol. The molecule has 1 amide bonds. The highest BCUT2D eigenvalue weighted by Gasteiger charge is 2.36. The molecule has 138 valence electrons. The standard InChI is InChI=1S/C20H30N2O3/c21-11-5-15-24-17-9-12-22(13-10-17)20(23)18-8-4-14-25-19(18)16-6-2-1-3-7-16/h1-3,6-7,17-19H,4-5,8-15,21H2. The van der Waals surface area contributed by atoms with Crippen LogP contribution in [-0.4, -0.2) is 49.8 Å². The zero-order valence-corrected chi connectivity index (χ0v) is 14.9. The number of benzene rings is 1. The van der Waals surface area contributed by atoms with E-state index in [0.717, 1.165) is 64.0 Å². The van der Waals surface area contributed by atoms with Crippen LogP contribution >= 0.6 is 0 Å². The van der Waals surface area contributed by atoms with E-state index in [4.69, 9.17) is 15.2 Å². The molecule has 0 aromatic heterocycles. The van der Waals surface area contributed by atoms with Crippen molar-refractivity contribution in [2.24, 2.45) is 11.7 Å². The van der Waals surface area contributed by atoms with Crippen LogP contribution in [0, 0.1) is 5.92 Å². The molecular formula is C20H30N2O3. The second-order valence-electron chi connectivity index (χ2n) is 6.99. The maximum atomic E-state index is 13.1. The van der Waals surface area contributed by atoms with Gasteiger partial charge in [-0.25, -0.2) is 0 Å². The van der Waals surface area contributed by atoms with Crippen LogP contribution in [0.25, 0.3) is 0 Å². The quantitative estimate of drug-likeness (QED) is 0.804. The number of ether oxygens (including phenoxy) is 2. The van der Waals surface area contributed by atoms with E-state index < -0.39 is 0 Å². The number of carbonyl (C=O) groups is 1. The summed E-state index contributed by atoms with van der Waals surface area (Å²) < 4.78 is 11.8. The van der Waals surface area contributed by atoms with Crippen molar-refractivity contribution in [3.05, 3.63) is 35.9 Å². The Labute approximate surface area is 150 Å². The summed E-state index contributed by atoms with van der Waals surface area (Å²) in [7, 11) is 0. The molecule has 2 fully saturated rings. The van der Waals surface area contributed by atoms with Crippen LogP contribution in [0.15, 0.2) is 30.3 Å². The number of hydrogen-bond acceptors (Lipinski definition) is 4. The average molecular weight is 346 g/mol. The first kappa shape index (κ1) is 18.4. The van der Waals surface area contributed by atoms with Gasteiger partial charge in [-0.15, -0.1) is 0 Å². The highest BCUT2D eigenvalue weighted by Crippen LogP contribution is 2.35. The summed E-state index contributed by atoms with van der Waals surface area (Å²) in [6.07, 6.45) is 4.75. The molecule has 2 aliphatic rings. The maximum absolute atomic E-state index is 13.1. The summed E-state index contributed by atoms with van der Waals surface area (Å²) in [4.78, 5) is 15.1. The Morgan fingerprint density at radius 2 is 1.96 bits per heavy atom. The molecule has 2 saturated heterocycles. The van der Waals surface area contributed by atoms with Crippen molar-refractivity contribution in [3.63, 3.8) is 0 Å². The summed E-state index contributed by atoms with van der Waals surface area (Å²) in [5, 5.41) is 0. The minimum absolute atomic E-state index is 0.0640. The van der Waals surface area contributed by atoms with Gasteiger partial charge in [0.15, 0.2) is 0 Å². The Bertz CT molecular complexity index is 529. The summed E-state index contributed by atoms with van der Waals surface area (Å²) in [6.45, 7) is 3.69. The lowest BCUT2D eigenvalue weighted by molar-refractivity contribution is -0.148. The average Bonchev–Trinajstić information content (AvgIpc) is 2.69. The van der Waals surface area contributed by atoms with E-state index in [1.807, 2.05) is 23.1 Å². The van der Waals surface area contributed by atoms with Crippen molar-refractivity contribution in [1.29, 1.82) is 0 Å². The molecule has 1 aromatic rings. The summed E-state index contributed by atoms with van der Waals surface area (Å²) >= 11 is 0. The lowest BCUT2D eigenvalue weighted by Crippen LogP contribution is -2.46. The van der Waals surface area contributed by atoms with E-state index in [9.17, 15) is 4.79 Å². The van der Waals surface area contributed by atoms with E-state index in [2.05, 4.69) is 12.1 Å². The molecule has 0 radical (unpaired) electrons. The van der Waals surface area contributed by atoms with Crippen molar-refractivity contribution in [2.45, 2.75) is 44.3 Å². The van der Waals surface area contributed by atoms with Crippen LogP contribution in [0.4, 0.5) is 0 Å². The number of likely N-dealkylation sites (tertiary alicyclic amines) is 1. The van der Waals surface area contributed by atoms with Gasteiger partial charge < -0.3 is 20.1 Å². The Morgan fingerprint density at radius 3 is 2.68 bits per heavy atom. The molecule has 1 aromatic carbocycles. The fourth-order valence-electron chi connectivity index (χ4n) is 3.82. The van der Waals surface area contributed by atoms with Crippen LogP contribution < -0.4 is 5.73 Å². The molecule has 25 heavy (non-hydrogen) atoms. The van der Waals surface area contributed by atoms with E-state index in [0.29, 0.717) is 6.54 Å². The molecule has 5 nitrogen and oxygen atoms in total. The largest absolute Gasteiger partial charge is 0.378 e. The fraction of sp³-hybridized carbons (Fsp3) is 0.650. The number of nitrogens with zero attached hydrogens (tertiary/aromatic N) is 1. The Balaban J connectivity index is 1.56. The second kappa shape index (κ2) is 9.32. The summed E-state index contributed by atoms with van der Waals surface area (Å²) in [6, 6.07) is 10.2. The van der Waals surface area contributed by atoms with Gasteiger partial charge in [-0.05, 0) is 44.2 Å². The van der Waals surface area contributed by atoms with Gasteiger partial charge in [-0.3, -0.25) is 4.79 Å². The first-order valence-corrected chi connectivity index (χ1v) is 9.56. The highest BCUT2D eigenvalue weighted by molar-refractivity contribution is 5.80. The molecule has 2 N–H and O–H groups in total. The number of amides is 1. The number of piperidine rings is 1. The van der Waals surface area contributed by atoms with Crippen LogP contribution in [0.5, 0.6) is 0 Å². The first-order chi connectivity index (χ1) is 12.3. The van der Waals surface area contributed by atoms with Crippen molar-refractivity contribution in [3.8, 4) is 0 Å². The normalized spacial score (nSPS) is 25.1. The second-order valence-corrected chi connectivity index (χ2v) is 6.99. The maximum Gasteiger partial charge on any atom is 0.228 e. The van der Waals surface area contributed by atoms with Gasteiger partial charge in [-0.1, -0.05) is 30.3 Å². The third kappa shape index (κ3) is 4.81. The number of rotatable bonds is 6. The minimum atomic E-state index is -0.110. The Morgan fingerprint density at radius 1 is 1.20 bits per heavy atom. The van der Waals surface area contributed by atoms with Gasteiger partial charge in [0.25, 0.3) is 0 Å². The van der Waals surface area contributed by atoms with Crippen molar-refractivity contribution < 1.29 is 14.3 Å². The number of hydrogen-bond donors (Lipinski definition) is 1. The molecule has 0 spiro atoms. The molecule has 0 bridgehead atoms. The minimum Gasteiger partial charge on any atom is -0.378 e. The predicted octanol–water partition coefficient (Wildman–Crippen LogP) is 2.51. The SMILES string of the molecule is NCCCOC1CCN(C(=O)C2CCCOC2c2ccccc2)CC1.